The standard InChI is InChI=1S/C7H16O4Si/c1-5-6-7-11-12(8-2,9-3)10-4/h5H,1,6-7H2,2-4H3. The highest BCUT2D eigenvalue weighted by atomic mass is 28.4. The first-order chi connectivity index (χ1) is 5.74. The van der Waals surface area contributed by atoms with E-state index in [0.29, 0.717) is 6.61 Å². The topological polar surface area (TPSA) is 36.9 Å². The van der Waals surface area contributed by atoms with Crippen molar-refractivity contribution in [3.05, 3.63) is 12.7 Å². The molecule has 0 radical (unpaired) electrons. The van der Waals surface area contributed by atoms with Gasteiger partial charge in [0.05, 0.1) is 0 Å². The lowest BCUT2D eigenvalue weighted by Gasteiger charge is -2.22. The minimum Gasteiger partial charge on any atom is -0.355 e. The average molecular weight is 192 g/mol. The summed E-state index contributed by atoms with van der Waals surface area (Å²) in [6.45, 7) is 4.08. The summed E-state index contributed by atoms with van der Waals surface area (Å²) in [7, 11) is 1.72. The molecule has 4 nitrogen and oxygen atoms in total. The molecule has 0 aliphatic heterocycles. The summed E-state index contributed by atoms with van der Waals surface area (Å²) in [6.07, 6.45) is 2.52. The lowest BCUT2D eigenvalue weighted by Crippen LogP contribution is -2.46. The molecule has 0 aliphatic rings. The molecule has 0 saturated heterocycles. The molecule has 0 heterocycles. The van der Waals surface area contributed by atoms with E-state index in [2.05, 4.69) is 6.58 Å². The van der Waals surface area contributed by atoms with E-state index in [1.807, 2.05) is 0 Å². The highest BCUT2D eigenvalue weighted by molar-refractivity contribution is 6.53. The average Bonchev–Trinajstić information content (AvgIpc) is 2.14. The highest BCUT2D eigenvalue weighted by Crippen LogP contribution is 2.07. The van der Waals surface area contributed by atoms with Crippen molar-refractivity contribution in [2.75, 3.05) is 27.9 Å². The van der Waals surface area contributed by atoms with Crippen molar-refractivity contribution in [2.24, 2.45) is 0 Å². The van der Waals surface area contributed by atoms with Gasteiger partial charge < -0.3 is 17.7 Å². The van der Waals surface area contributed by atoms with Gasteiger partial charge in [0.15, 0.2) is 0 Å². The molecule has 0 unspecified atom stereocenters. The Morgan fingerprint density at radius 2 is 1.67 bits per heavy atom. The summed E-state index contributed by atoms with van der Waals surface area (Å²) in [5.74, 6) is 0. The molecule has 12 heavy (non-hydrogen) atoms. The van der Waals surface area contributed by atoms with Crippen LogP contribution in [0.5, 0.6) is 0 Å². The molecule has 0 aromatic rings. The van der Waals surface area contributed by atoms with E-state index in [4.69, 9.17) is 17.7 Å². The first kappa shape index (κ1) is 11.8. The van der Waals surface area contributed by atoms with Crippen molar-refractivity contribution in [1.29, 1.82) is 0 Å². The van der Waals surface area contributed by atoms with Gasteiger partial charge in [0.2, 0.25) is 0 Å². The van der Waals surface area contributed by atoms with Gasteiger partial charge in [-0.15, -0.1) is 6.58 Å². The highest BCUT2D eigenvalue weighted by Gasteiger charge is 2.41. The molecule has 0 saturated carbocycles. The fraction of sp³-hybridized carbons (Fsp3) is 0.714. The molecule has 0 bridgehead atoms. The molecule has 0 N–H and O–H groups in total. The summed E-state index contributed by atoms with van der Waals surface area (Å²) < 4.78 is 20.4. The Balaban J connectivity index is 3.84. The van der Waals surface area contributed by atoms with Crippen LogP contribution >= 0.6 is 0 Å². The monoisotopic (exact) mass is 192 g/mol. The summed E-state index contributed by atoms with van der Waals surface area (Å²) in [5.41, 5.74) is 0. The zero-order valence-corrected chi connectivity index (χ0v) is 8.83. The summed E-state index contributed by atoms with van der Waals surface area (Å²) in [4.78, 5) is 0. The van der Waals surface area contributed by atoms with Crippen molar-refractivity contribution in [1.82, 2.24) is 0 Å². The Bertz CT molecular complexity index is 116. The van der Waals surface area contributed by atoms with Crippen LogP contribution in [0.4, 0.5) is 0 Å². The van der Waals surface area contributed by atoms with Crippen LogP contribution in [0.3, 0.4) is 0 Å². The number of rotatable bonds is 7. The predicted octanol–water partition coefficient (Wildman–Crippen LogP) is 0.954. The fourth-order valence-electron chi connectivity index (χ4n) is 0.694. The molecule has 72 valence electrons. The van der Waals surface area contributed by atoms with Crippen LogP contribution in [-0.2, 0) is 17.7 Å². The zero-order chi connectivity index (χ0) is 9.45. The summed E-state index contributed by atoms with van der Waals surface area (Å²) in [6, 6.07) is 0. The van der Waals surface area contributed by atoms with Crippen molar-refractivity contribution in [2.45, 2.75) is 6.42 Å². The molecule has 0 fully saturated rings. The Labute approximate surface area is 74.6 Å². The van der Waals surface area contributed by atoms with Crippen molar-refractivity contribution in [3.8, 4) is 0 Å². The van der Waals surface area contributed by atoms with Crippen LogP contribution in [0, 0.1) is 0 Å². The van der Waals surface area contributed by atoms with E-state index in [1.54, 1.807) is 6.08 Å². The van der Waals surface area contributed by atoms with Crippen molar-refractivity contribution < 1.29 is 17.7 Å². The maximum absolute atomic E-state index is 5.32. The third-order valence-electron chi connectivity index (χ3n) is 1.35. The predicted molar refractivity (Wildman–Crippen MR) is 47.5 cm³/mol. The number of hydrogen-bond donors (Lipinski definition) is 0. The molecule has 5 heteroatoms. The zero-order valence-electron chi connectivity index (χ0n) is 7.83. The SMILES string of the molecule is C=CCCO[Si](OC)(OC)OC. The minimum atomic E-state index is -2.80. The molecule has 0 atom stereocenters. The minimum absolute atomic E-state index is 0.505. The lowest BCUT2D eigenvalue weighted by molar-refractivity contribution is 0.00710. The van der Waals surface area contributed by atoms with Crippen LogP contribution in [-0.4, -0.2) is 37.0 Å². The lowest BCUT2D eigenvalue weighted by atomic mass is 10.5. The largest absolute Gasteiger partial charge is 0.678 e. The van der Waals surface area contributed by atoms with Crippen molar-refractivity contribution in [3.63, 3.8) is 0 Å². The van der Waals surface area contributed by atoms with Gasteiger partial charge in [-0.1, -0.05) is 6.08 Å². The van der Waals surface area contributed by atoms with Crippen LogP contribution in [0.2, 0.25) is 0 Å². The smallest absolute Gasteiger partial charge is 0.355 e. The maximum atomic E-state index is 5.32. The second kappa shape index (κ2) is 6.33. The Morgan fingerprint density at radius 3 is 2.00 bits per heavy atom. The van der Waals surface area contributed by atoms with E-state index in [9.17, 15) is 0 Å². The van der Waals surface area contributed by atoms with Crippen LogP contribution in [0.1, 0.15) is 6.42 Å². The van der Waals surface area contributed by atoms with Gasteiger partial charge in [0.25, 0.3) is 0 Å². The Kier molecular flexibility index (Phi) is 6.22. The Hall–Kier alpha value is -0.203. The molecule has 0 amide bonds. The van der Waals surface area contributed by atoms with E-state index in [0.717, 1.165) is 6.42 Å². The van der Waals surface area contributed by atoms with Gasteiger partial charge in [-0.3, -0.25) is 0 Å². The third-order valence-corrected chi connectivity index (χ3v) is 3.41. The van der Waals surface area contributed by atoms with E-state index < -0.39 is 9.05 Å². The van der Waals surface area contributed by atoms with Gasteiger partial charge in [-0.25, -0.2) is 0 Å². The third kappa shape index (κ3) is 3.46. The second-order valence-electron chi connectivity index (χ2n) is 2.04. The maximum Gasteiger partial charge on any atom is 0.678 e. The molecular weight excluding hydrogens is 176 g/mol. The summed E-state index contributed by atoms with van der Waals surface area (Å²) >= 11 is 0. The van der Waals surface area contributed by atoms with Gasteiger partial charge >= 0.3 is 9.05 Å². The van der Waals surface area contributed by atoms with E-state index >= 15 is 0 Å². The van der Waals surface area contributed by atoms with E-state index in [-0.39, 0.29) is 0 Å². The first-order valence-corrected chi connectivity index (χ1v) is 5.28. The molecule has 0 aromatic carbocycles. The molecule has 0 aliphatic carbocycles. The number of hydrogen-bond acceptors (Lipinski definition) is 4. The normalized spacial score (nSPS) is 11.6. The fourth-order valence-corrected chi connectivity index (χ4v) is 1.92. The quantitative estimate of drug-likeness (QED) is 0.342. The second-order valence-corrected chi connectivity index (χ2v) is 4.55. The first-order valence-electron chi connectivity index (χ1n) is 3.65. The molecule has 0 spiro atoms. The van der Waals surface area contributed by atoms with Gasteiger partial charge in [0, 0.05) is 27.9 Å². The van der Waals surface area contributed by atoms with Gasteiger partial charge in [0.1, 0.15) is 0 Å². The van der Waals surface area contributed by atoms with Gasteiger partial charge in [-0.05, 0) is 6.42 Å². The van der Waals surface area contributed by atoms with Crippen LogP contribution in [0.25, 0.3) is 0 Å². The van der Waals surface area contributed by atoms with E-state index in [1.165, 1.54) is 21.3 Å². The molecule has 0 rings (SSSR count). The molecular formula is C7H16O4Si. The van der Waals surface area contributed by atoms with Gasteiger partial charge in [-0.2, -0.15) is 0 Å². The Morgan fingerprint density at radius 1 is 1.17 bits per heavy atom. The summed E-state index contributed by atoms with van der Waals surface area (Å²) in [5, 5.41) is 0. The molecule has 0 aromatic heterocycles. The van der Waals surface area contributed by atoms with Crippen LogP contribution in [0.15, 0.2) is 12.7 Å². The van der Waals surface area contributed by atoms with Crippen LogP contribution < -0.4 is 0 Å². The van der Waals surface area contributed by atoms with Crippen molar-refractivity contribution >= 4 is 9.05 Å².